The van der Waals surface area contributed by atoms with Gasteiger partial charge in [-0.2, -0.15) is 5.10 Å². The van der Waals surface area contributed by atoms with Gasteiger partial charge in [0.2, 0.25) is 0 Å². The van der Waals surface area contributed by atoms with E-state index in [0.717, 1.165) is 5.56 Å². The molecule has 8 nitrogen and oxygen atoms in total. The van der Waals surface area contributed by atoms with Gasteiger partial charge in [0.05, 0.1) is 19.3 Å². The van der Waals surface area contributed by atoms with E-state index in [4.69, 9.17) is 4.74 Å². The standard InChI is InChI=1S/C18H19N3O5/c1-2-25-18(24)20-16(22)13-26-17(23)9-8-15-10-19-21(12-15)11-14-6-4-3-5-7-14/h3-10,12H,2,11,13H2,1H3,(H,20,22,24)/b9-8+. The monoisotopic (exact) mass is 357 g/mol. The first kappa shape index (κ1) is 18.9. The molecule has 0 fully saturated rings. The Morgan fingerprint density at radius 1 is 1.19 bits per heavy atom. The topological polar surface area (TPSA) is 99.5 Å². The number of hydrogen-bond acceptors (Lipinski definition) is 6. The fourth-order valence-electron chi connectivity index (χ4n) is 1.99. The molecule has 0 unspecified atom stereocenters. The lowest BCUT2D eigenvalue weighted by Gasteiger charge is -2.03. The first-order valence-corrected chi connectivity index (χ1v) is 7.94. The zero-order valence-electron chi connectivity index (χ0n) is 14.3. The normalized spacial score (nSPS) is 10.5. The molecule has 2 amide bonds. The first-order chi connectivity index (χ1) is 12.6. The lowest BCUT2D eigenvalue weighted by atomic mass is 10.2. The van der Waals surface area contributed by atoms with E-state index in [1.807, 2.05) is 35.6 Å². The van der Waals surface area contributed by atoms with E-state index in [1.54, 1.807) is 24.0 Å². The molecule has 136 valence electrons. The van der Waals surface area contributed by atoms with E-state index in [0.29, 0.717) is 12.1 Å². The summed E-state index contributed by atoms with van der Waals surface area (Å²) in [4.78, 5) is 34.0. The van der Waals surface area contributed by atoms with Gasteiger partial charge in [-0.05, 0) is 18.6 Å². The minimum atomic E-state index is -0.880. The van der Waals surface area contributed by atoms with Gasteiger partial charge in [0.25, 0.3) is 5.91 Å². The van der Waals surface area contributed by atoms with Crippen LogP contribution in [0.5, 0.6) is 0 Å². The van der Waals surface area contributed by atoms with E-state index >= 15 is 0 Å². The molecule has 0 saturated carbocycles. The number of benzene rings is 1. The Morgan fingerprint density at radius 2 is 1.96 bits per heavy atom. The molecule has 0 saturated heterocycles. The number of aromatic nitrogens is 2. The van der Waals surface area contributed by atoms with E-state index in [-0.39, 0.29) is 6.61 Å². The Labute approximate surface area is 150 Å². The molecule has 1 N–H and O–H groups in total. The van der Waals surface area contributed by atoms with E-state index in [1.165, 1.54) is 12.2 Å². The van der Waals surface area contributed by atoms with E-state index in [2.05, 4.69) is 9.84 Å². The van der Waals surface area contributed by atoms with Gasteiger partial charge in [-0.1, -0.05) is 30.3 Å². The highest BCUT2D eigenvalue weighted by atomic mass is 16.6. The number of ether oxygens (including phenoxy) is 2. The molecule has 0 radical (unpaired) electrons. The smallest absolute Gasteiger partial charge is 0.413 e. The molecule has 2 aromatic rings. The van der Waals surface area contributed by atoms with Crippen LogP contribution in [0.15, 0.2) is 48.8 Å². The van der Waals surface area contributed by atoms with Crippen molar-refractivity contribution in [1.82, 2.24) is 15.1 Å². The fraction of sp³-hybridized carbons (Fsp3) is 0.222. The highest BCUT2D eigenvalue weighted by molar-refractivity contribution is 5.94. The number of esters is 1. The fourth-order valence-corrected chi connectivity index (χ4v) is 1.99. The van der Waals surface area contributed by atoms with Gasteiger partial charge in [-0.15, -0.1) is 0 Å². The second-order valence-corrected chi connectivity index (χ2v) is 5.17. The summed E-state index contributed by atoms with van der Waals surface area (Å²) < 4.78 is 11.0. The summed E-state index contributed by atoms with van der Waals surface area (Å²) in [6, 6.07) is 9.84. The molecule has 0 aliphatic heterocycles. The van der Waals surface area contributed by atoms with E-state index < -0.39 is 24.6 Å². The first-order valence-electron chi connectivity index (χ1n) is 7.94. The molecule has 0 spiro atoms. The summed E-state index contributed by atoms with van der Waals surface area (Å²) >= 11 is 0. The minimum Gasteiger partial charge on any atom is -0.452 e. The van der Waals surface area contributed by atoms with Crippen molar-refractivity contribution in [2.24, 2.45) is 0 Å². The van der Waals surface area contributed by atoms with Crippen molar-refractivity contribution >= 4 is 24.0 Å². The molecular formula is C18H19N3O5. The lowest BCUT2D eigenvalue weighted by Crippen LogP contribution is -2.34. The van der Waals surface area contributed by atoms with Crippen LogP contribution in [0.3, 0.4) is 0 Å². The molecule has 0 bridgehead atoms. The van der Waals surface area contributed by atoms with Crippen molar-refractivity contribution in [3.05, 3.63) is 59.9 Å². The maximum Gasteiger partial charge on any atom is 0.413 e. The highest BCUT2D eigenvalue weighted by Crippen LogP contribution is 2.05. The summed E-state index contributed by atoms with van der Waals surface area (Å²) in [5.41, 5.74) is 1.83. The van der Waals surface area contributed by atoms with Crippen LogP contribution < -0.4 is 5.32 Å². The number of alkyl carbamates (subject to hydrolysis) is 1. The molecule has 2 rings (SSSR count). The van der Waals surface area contributed by atoms with Gasteiger partial charge in [0, 0.05) is 17.8 Å². The zero-order chi connectivity index (χ0) is 18.8. The van der Waals surface area contributed by atoms with Crippen molar-refractivity contribution < 1.29 is 23.9 Å². The number of nitrogens with zero attached hydrogens (tertiary/aromatic N) is 2. The molecule has 1 aromatic heterocycles. The quantitative estimate of drug-likeness (QED) is 0.599. The number of carbonyl (C=O) groups excluding carboxylic acids is 3. The Balaban J connectivity index is 1.77. The average Bonchev–Trinajstić information content (AvgIpc) is 3.06. The Morgan fingerprint density at radius 3 is 2.69 bits per heavy atom. The summed E-state index contributed by atoms with van der Waals surface area (Å²) in [6.45, 7) is 1.79. The summed E-state index contributed by atoms with van der Waals surface area (Å²) in [7, 11) is 0. The third-order valence-electron chi connectivity index (χ3n) is 3.11. The second-order valence-electron chi connectivity index (χ2n) is 5.17. The van der Waals surface area contributed by atoms with Gasteiger partial charge in [-0.3, -0.25) is 14.8 Å². The maximum atomic E-state index is 11.6. The maximum absolute atomic E-state index is 11.6. The highest BCUT2D eigenvalue weighted by Gasteiger charge is 2.10. The van der Waals surface area contributed by atoms with Gasteiger partial charge in [0.1, 0.15) is 0 Å². The Hall–Kier alpha value is -3.42. The van der Waals surface area contributed by atoms with E-state index in [9.17, 15) is 14.4 Å². The Kier molecular flexibility index (Phi) is 7.11. The molecule has 1 heterocycles. The largest absolute Gasteiger partial charge is 0.452 e. The number of carbonyl (C=O) groups is 3. The average molecular weight is 357 g/mol. The van der Waals surface area contributed by atoms with Crippen molar-refractivity contribution in [1.29, 1.82) is 0 Å². The van der Waals surface area contributed by atoms with Gasteiger partial charge >= 0.3 is 12.1 Å². The molecule has 0 aliphatic rings. The number of nitrogens with one attached hydrogen (secondary N) is 1. The Bertz CT molecular complexity index is 783. The van der Waals surface area contributed by atoms with Crippen LogP contribution in [0.1, 0.15) is 18.1 Å². The third kappa shape index (κ3) is 6.60. The van der Waals surface area contributed by atoms with Gasteiger partial charge in [0.15, 0.2) is 6.61 Å². The number of hydrogen-bond donors (Lipinski definition) is 1. The molecule has 1 aromatic carbocycles. The second kappa shape index (κ2) is 9.77. The van der Waals surface area contributed by atoms with Crippen molar-refractivity contribution in [2.45, 2.75) is 13.5 Å². The number of rotatable bonds is 7. The van der Waals surface area contributed by atoms with Crippen LogP contribution >= 0.6 is 0 Å². The predicted molar refractivity (Wildman–Crippen MR) is 92.9 cm³/mol. The third-order valence-corrected chi connectivity index (χ3v) is 3.11. The lowest BCUT2D eigenvalue weighted by molar-refractivity contribution is -0.143. The van der Waals surface area contributed by atoms with Crippen LogP contribution in [0.4, 0.5) is 4.79 Å². The molecular weight excluding hydrogens is 338 g/mol. The predicted octanol–water partition coefficient (Wildman–Crippen LogP) is 1.76. The summed E-state index contributed by atoms with van der Waals surface area (Å²) in [5, 5.41) is 6.13. The minimum absolute atomic E-state index is 0.138. The SMILES string of the molecule is CCOC(=O)NC(=O)COC(=O)/C=C/c1cnn(Cc2ccccc2)c1. The number of imide groups is 1. The molecule has 0 atom stereocenters. The van der Waals surface area contributed by atoms with Crippen LogP contribution in [0, 0.1) is 0 Å². The van der Waals surface area contributed by atoms with Crippen LogP contribution in [-0.2, 0) is 25.6 Å². The van der Waals surface area contributed by atoms with Crippen molar-refractivity contribution in [3.8, 4) is 0 Å². The van der Waals surface area contributed by atoms with Crippen molar-refractivity contribution in [3.63, 3.8) is 0 Å². The summed E-state index contributed by atoms with van der Waals surface area (Å²) in [6.07, 6.45) is 5.22. The van der Waals surface area contributed by atoms with Gasteiger partial charge < -0.3 is 9.47 Å². The number of amides is 2. The molecule has 8 heteroatoms. The molecule has 26 heavy (non-hydrogen) atoms. The van der Waals surface area contributed by atoms with Crippen molar-refractivity contribution in [2.75, 3.05) is 13.2 Å². The molecule has 0 aliphatic carbocycles. The van der Waals surface area contributed by atoms with Gasteiger partial charge in [-0.25, -0.2) is 9.59 Å². The van der Waals surface area contributed by atoms with Crippen LogP contribution in [0.2, 0.25) is 0 Å². The summed E-state index contributed by atoms with van der Waals surface area (Å²) in [5.74, 6) is -1.47. The van der Waals surface area contributed by atoms with Crippen LogP contribution in [-0.4, -0.2) is 41.0 Å². The van der Waals surface area contributed by atoms with Crippen LogP contribution in [0.25, 0.3) is 6.08 Å². The zero-order valence-corrected chi connectivity index (χ0v) is 14.3.